The Labute approximate surface area is 345 Å². The van der Waals surface area contributed by atoms with Gasteiger partial charge in [0.15, 0.2) is 0 Å². The Balaban J connectivity index is 1.55. The van der Waals surface area contributed by atoms with Crippen LogP contribution in [0.1, 0.15) is 0 Å². The third-order valence-corrected chi connectivity index (χ3v) is 11.4. The Morgan fingerprint density at radius 2 is 0.536 bits per heavy atom. The van der Waals surface area contributed by atoms with E-state index >= 15 is 0 Å². The van der Waals surface area contributed by atoms with Crippen LogP contribution < -0.4 is 38.8 Å². The van der Waals surface area contributed by atoms with E-state index in [1.807, 2.05) is 0 Å². The maximum atomic E-state index is 2.56. The standard InChI is InChI=1S/C45H50B2N8.Pt/c1-48(2)36-19-27-42(28-20-36)54(43-29-21-37(22-30-43)49(3)4)46-47(53(41-17-13-10-14-18-41)35-52(46)40-15-11-9-12-16-40)55(44-31-23-38(24-32-44)50(5)6)45-33-25-39(26-34-45)51(7)8;/h9-34H,1-8H3;. The third kappa shape index (κ3) is 7.76. The first-order valence-electron chi connectivity index (χ1n) is 18.9. The molecule has 0 N–H and O–H groups in total. The molecule has 1 fully saturated rings. The second-order valence-corrected chi connectivity index (χ2v) is 15.9. The number of nitrogens with zero attached hydrogens (tertiary/aromatic N) is 8. The topological polar surface area (TPSA) is 25.9 Å². The van der Waals surface area contributed by atoms with Crippen LogP contribution in [0.15, 0.2) is 158 Å². The van der Waals surface area contributed by atoms with Crippen molar-refractivity contribution < 1.29 is 19.4 Å². The summed E-state index contributed by atoms with van der Waals surface area (Å²) >= 11 is 2.56. The fourth-order valence-corrected chi connectivity index (χ4v) is 8.50. The molecule has 0 aliphatic carbocycles. The monoisotopic (exact) mass is 919 g/mol. The van der Waals surface area contributed by atoms with Gasteiger partial charge in [0.1, 0.15) is 0 Å². The number of para-hydroxylation sites is 2. The summed E-state index contributed by atoms with van der Waals surface area (Å²) < 4.78 is 1.09. The number of anilines is 10. The SMILES string of the molecule is CN(C)c1ccc(N(B2B(N(c3ccc(N(C)C)cc3)c3ccc(N(C)C)cc3)N(c3ccccc3)[C](=[Pt])N2c2ccccc2)c2ccc(N(C)C)cc2)cc1. The molecular weight excluding hydrogens is 869 g/mol. The Bertz CT molecular complexity index is 1940. The fourth-order valence-electron chi connectivity index (χ4n) is 7.32. The van der Waals surface area contributed by atoms with Crippen molar-refractivity contribution in [3.63, 3.8) is 0 Å². The van der Waals surface area contributed by atoms with E-state index in [-0.39, 0.29) is 13.7 Å². The van der Waals surface area contributed by atoms with E-state index in [0.29, 0.717) is 0 Å². The number of rotatable bonds is 12. The van der Waals surface area contributed by atoms with Crippen molar-refractivity contribution in [1.29, 1.82) is 0 Å². The van der Waals surface area contributed by atoms with Gasteiger partial charge in [0, 0.05) is 0 Å². The van der Waals surface area contributed by atoms with Crippen LogP contribution in [0.5, 0.6) is 0 Å². The first kappa shape index (κ1) is 38.7. The van der Waals surface area contributed by atoms with Crippen molar-refractivity contribution >= 4 is 74.8 Å². The van der Waals surface area contributed by atoms with E-state index < -0.39 is 0 Å². The molecule has 0 radical (unpaired) electrons. The van der Waals surface area contributed by atoms with Gasteiger partial charge in [0.2, 0.25) is 0 Å². The van der Waals surface area contributed by atoms with Crippen molar-refractivity contribution in [3.05, 3.63) is 158 Å². The normalized spacial score (nSPS) is 12.6. The molecule has 286 valence electrons. The molecule has 1 aliphatic rings. The molecular formula is C45H50B2N8Pt. The van der Waals surface area contributed by atoms with Gasteiger partial charge >= 0.3 is 347 Å². The van der Waals surface area contributed by atoms with Crippen LogP contribution in [0.2, 0.25) is 0 Å². The van der Waals surface area contributed by atoms with E-state index in [0.717, 1.165) is 61.0 Å². The zero-order valence-electron chi connectivity index (χ0n) is 33.6. The number of benzene rings is 6. The Hall–Kier alpha value is -5.59. The second-order valence-electron chi connectivity index (χ2n) is 14.9. The van der Waals surface area contributed by atoms with Crippen LogP contribution in [-0.2, 0) is 19.4 Å². The van der Waals surface area contributed by atoms with Crippen LogP contribution in [0.25, 0.3) is 0 Å². The van der Waals surface area contributed by atoms with Gasteiger partial charge in [-0.25, -0.2) is 0 Å². The van der Waals surface area contributed by atoms with E-state index in [1.165, 1.54) is 0 Å². The minimum absolute atomic E-state index is 0.275. The molecule has 11 heteroatoms. The molecule has 0 amide bonds. The summed E-state index contributed by atoms with van der Waals surface area (Å²) in [5.74, 6) is 0. The zero-order valence-corrected chi connectivity index (χ0v) is 35.8. The molecule has 0 unspecified atom stereocenters. The van der Waals surface area contributed by atoms with Gasteiger partial charge in [-0.05, 0) is 0 Å². The summed E-state index contributed by atoms with van der Waals surface area (Å²) in [6.45, 7) is -0.551. The molecule has 8 nitrogen and oxygen atoms in total. The molecule has 1 saturated heterocycles. The first-order valence-corrected chi connectivity index (χ1v) is 20.0. The van der Waals surface area contributed by atoms with Gasteiger partial charge in [-0.3, -0.25) is 0 Å². The predicted octanol–water partition coefficient (Wildman–Crippen LogP) is 8.64. The quantitative estimate of drug-likeness (QED) is 0.113. The molecule has 56 heavy (non-hydrogen) atoms. The van der Waals surface area contributed by atoms with Crippen molar-refractivity contribution in [3.8, 4) is 0 Å². The molecule has 1 heterocycles. The molecule has 6 aromatic rings. The van der Waals surface area contributed by atoms with Crippen LogP contribution in [0, 0.1) is 0 Å². The Morgan fingerprint density at radius 3 is 0.750 bits per heavy atom. The zero-order chi connectivity index (χ0) is 39.5. The van der Waals surface area contributed by atoms with Gasteiger partial charge in [0.05, 0.1) is 0 Å². The molecule has 7 rings (SSSR count). The summed E-state index contributed by atoms with van der Waals surface area (Å²) in [5, 5.41) is 0. The van der Waals surface area contributed by atoms with E-state index in [9.17, 15) is 0 Å². The summed E-state index contributed by atoms with van der Waals surface area (Å²) in [6.07, 6.45) is 0. The minimum atomic E-state index is -0.275. The Kier molecular flexibility index (Phi) is 11.5. The average Bonchev–Trinajstić information content (AvgIpc) is 3.50. The van der Waals surface area contributed by atoms with Gasteiger partial charge in [0.25, 0.3) is 0 Å². The van der Waals surface area contributed by atoms with E-state index in [4.69, 9.17) is 0 Å². The van der Waals surface area contributed by atoms with E-state index in [1.54, 1.807) is 0 Å². The van der Waals surface area contributed by atoms with Gasteiger partial charge in [-0.1, -0.05) is 0 Å². The summed E-state index contributed by atoms with van der Waals surface area (Å²) in [7, 11) is 16.7. The molecule has 0 spiro atoms. The van der Waals surface area contributed by atoms with Crippen molar-refractivity contribution in [2.75, 3.05) is 95.2 Å². The summed E-state index contributed by atoms with van der Waals surface area (Å²) in [4.78, 5) is 18.7. The van der Waals surface area contributed by atoms with Crippen molar-refractivity contribution in [2.24, 2.45) is 0 Å². The molecule has 0 atom stereocenters. The maximum absolute atomic E-state index is 2.56. The summed E-state index contributed by atoms with van der Waals surface area (Å²) in [5.41, 5.74) is 11.2. The van der Waals surface area contributed by atoms with Crippen LogP contribution in [-0.4, -0.2) is 74.3 Å². The number of hydrogen-bond acceptors (Lipinski definition) is 8. The number of hydrogen-bond donors (Lipinski definition) is 0. The first-order chi connectivity index (χ1) is 27.0. The molecule has 0 saturated carbocycles. The fraction of sp³-hybridized carbons (Fsp3) is 0.178. The van der Waals surface area contributed by atoms with Crippen LogP contribution >= 0.6 is 0 Å². The molecule has 1 aliphatic heterocycles. The third-order valence-electron chi connectivity index (χ3n) is 10.3. The van der Waals surface area contributed by atoms with Gasteiger partial charge in [-0.2, -0.15) is 0 Å². The summed E-state index contributed by atoms with van der Waals surface area (Å²) in [6, 6.07) is 57.4. The predicted molar refractivity (Wildman–Crippen MR) is 242 cm³/mol. The molecule has 0 bridgehead atoms. The molecule has 6 aromatic carbocycles. The van der Waals surface area contributed by atoms with Crippen LogP contribution in [0.3, 0.4) is 0 Å². The van der Waals surface area contributed by atoms with Gasteiger partial charge in [-0.15, -0.1) is 0 Å². The second kappa shape index (κ2) is 16.6. The van der Waals surface area contributed by atoms with Gasteiger partial charge < -0.3 is 0 Å². The van der Waals surface area contributed by atoms with Crippen molar-refractivity contribution in [2.45, 2.75) is 0 Å². The van der Waals surface area contributed by atoms with Crippen molar-refractivity contribution in [1.82, 2.24) is 0 Å². The molecule has 0 aromatic heterocycles. The van der Waals surface area contributed by atoms with E-state index in [2.05, 4.69) is 272 Å². The average molecular weight is 920 g/mol. The Morgan fingerprint density at radius 1 is 0.321 bits per heavy atom. The van der Waals surface area contributed by atoms with Crippen LogP contribution in [0.4, 0.5) is 56.9 Å².